The van der Waals surface area contributed by atoms with Crippen LogP contribution in [-0.4, -0.2) is 30.6 Å². The van der Waals surface area contributed by atoms with Gasteiger partial charge in [-0.2, -0.15) is 8.42 Å². The van der Waals surface area contributed by atoms with Crippen LogP contribution in [-0.2, 0) is 14.3 Å². The molecular formula is C20H28O3S3. The Balaban J connectivity index is 1.36. The molecule has 0 radical (unpaired) electrons. The molecule has 1 aliphatic heterocycles. The van der Waals surface area contributed by atoms with E-state index in [1.54, 1.807) is 12.1 Å². The monoisotopic (exact) mass is 412 g/mol. The van der Waals surface area contributed by atoms with Crippen LogP contribution in [0, 0.1) is 18.3 Å². The molecule has 3 aliphatic rings. The summed E-state index contributed by atoms with van der Waals surface area (Å²) in [5.41, 5.74) is 1.49. The van der Waals surface area contributed by atoms with E-state index in [1.807, 2.05) is 19.1 Å². The molecule has 1 heterocycles. The van der Waals surface area contributed by atoms with Gasteiger partial charge in [0.2, 0.25) is 0 Å². The van der Waals surface area contributed by atoms with Gasteiger partial charge in [0.1, 0.15) is 0 Å². The molecule has 0 amide bonds. The fourth-order valence-corrected chi connectivity index (χ4v) is 9.65. The van der Waals surface area contributed by atoms with Crippen LogP contribution in [0.4, 0.5) is 0 Å². The lowest BCUT2D eigenvalue weighted by Gasteiger charge is -2.44. The van der Waals surface area contributed by atoms with Crippen molar-refractivity contribution >= 4 is 33.6 Å². The highest BCUT2D eigenvalue weighted by Crippen LogP contribution is 2.62. The topological polar surface area (TPSA) is 43.4 Å². The van der Waals surface area contributed by atoms with Gasteiger partial charge in [-0.1, -0.05) is 24.1 Å². The van der Waals surface area contributed by atoms with Gasteiger partial charge in [0.05, 0.1) is 15.6 Å². The zero-order valence-electron chi connectivity index (χ0n) is 15.4. The first-order valence-corrected chi connectivity index (χ1v) is 13.0. The Hall–Kier alpha value is -0.170. The SMILES string of the molecule is Cc1ccc(S(=O)(=O)OCC2CCC3(CCCC4(C3)SCCS4)C2)cc1. The van der Waals surface area contributed by atoms with Crippen LogP contribution in [0.25, 0.3) is 0 Å². The highest BCUT2D eigenvalue weighted by Gasteiger charge is 2.50. The molecule has 2 aliphatic carbocycles. The summed E-state index contributed by atoms with van der Waals surface area (Å²) in [7, 11) is -3.64. The largest absolute Gasteiger partial charge is 0.296 e. The molecule has 2 unspecified atom stereocenters. The second kappa shape index (κ2) is 7.34. The van der Waals surface area contributed by atoms with Crippen LogP contribution in [0.3, 0.4) is 0 Å². The maximum absolute atomic E-state index is 12.4. The Morgan fingerprint density at radius 3 is 2.58 bits per heavy atom. The summed E-state index contributed by atoms with van der Waals surface area (Å²) in [6, 6.07) is 6.92. The van der Waals surface area contributed by atoms with E-state index in [2.05, 4.69) is 23.5 Å². The highest BCUT2D eigenvalue weighted by molar-refractivity contribution is 8.21. The van der Waals surface area contributed by atoms with Crippen LogP contribution in [0.5, 0.6) is 0 Å². The van der Waals surface area contributed by atoms with Crippen molar-refractivity contribution in [3.63, 3.8) is 0 Å². The first kappa shape index (κ1) is 19.2. The van der Waals surface area contributed by atoms with E-state index >= 15 is 0 Å². The molecule has 3 nitrogen and oxygen atoms in total. The Morgan fingerprint density at radius 1 is 1.12 bits per heavy atom. The average Bonchev–Trinajstić information content (AvgIpc) is 3.21. The van der Waals surface area contributed by atoms with Gasteiger partial charge >= 0.3 is 0 Å². The second-order valence-electron chi connectivity index (χ2n) is 8.30. The molecule has 2 spiro atoms. The summed E-state index contributed by atoms with van der Waals surface area (Å²) >= 11 is 4.36. The third kappa shape index (κ3) is 3.98. The maximum atomic E-state index is 12.4. The summed E-state index contributed by atoms with van der Waals surface area (Å²) in [5.74, 6) is 2.96. The Labute approximate surface area is 166 Å². The molecule has 3 fully saturated rings. The van der Waals surface area contributed by atoms with Crippen molar-refractivity contribution in [2.24, 2.45) is 11.3 Å². The van der Waals surface area contributed by atoms with Gasteiger partial charge in [-0.05, 0) is 68.9 Å². The normalized spacial score (nSPS) is 31.0. The molecular weight excluding hydrogens is 384 g/mol. The maximum Gasteiger partial charge on any atom is 0.296 e. The molecule has 144 valence electrons. The minimum atomic E-state index is -3.64. The summed E-state index contributed by atoms with van der Waals surface area (Å²) in [5, 5.41) is 0. The molecule has 2 saturated carbocycles. The lowest BCUT2D eigenvalue weighted by atomic mass is 9.72. The van der Waals surface area contributed by atoms with Crippen molar-refractivity contribution < 1.29 is 12.6 Å². The van der Waals surface area contributed by atoms with E-state index < -0.39 is 10.1 Å². The predicted molar refractivity (Wildman–Crippen MR) is 110 cm³/mol. The standard InChI is InChI=1S/C20H28O3S3/c1-16-3-5-18(6-4-16)26(21,22)23-14-17-7-10-19(13-17)8-2-9-20(15-19)24-11-12-25-20/h3-6,17H,2,7-15H2,1H3. The number of hydrogen-bond acceptors (Lipinski definition) is 5. The Bertz CT molecular complexity index is 738. The van der Waals surface area contributed by atoms with E-state index in [0.717, 1.165) is 18.4 Å². The molecule has 26 heavy (non-hydrogen) atoms. The Morgan fingerprint density at radius 2 is 1.85 bits per heavy atom. The minimum Gasteiger partial charge on any atom is -0.266 e. The molecule has 0 N–H and O–H groups in total. The van der Waals surface area contributed by atoms with Gasteiger partial charge in [-0.3, -0.25) is 4.18 Å². The zero-order valence-corrected chi connectivity index (χ0v) is 17.9. The lowest BCUT2D eigenvalue weighted by molar-refractivity contribution is 0.172. The lowest BCUT2D eigenvalue weighted by Crippen LogP contribution is -2.34. The molecule has 0 bridgehead atoms. The summed E-state index contributed by atoms with van der Waals surface area (Å²) in [6.07, 6.45) is 8.80. The summed E-state index contributed by atoms with van der Waals surface area (Å²) in [4.78, 5) is 0.270. The molecule has 6 heteroatoms. The van der Waals surface area contributed by atoms with Crippen molar-refractivity contribution in [3.8, 4) is 0 Å². The number of benzene rings is 1. The number of thioether (sulfide) groups is 2. The van der Waals surface area contributed by atoms with Crippen molar-refractivity contribution in [2.75, 3.05) is 18.1 Å². The third-order valence-corrected chi connectivity index (χ3v) is 11.1. The van der Waals surface area contributed by atoms with E-state index in [4.69, 9.17) is 4.18 Å². The average molecular weight is 413 g/mol. The number of rotatable bonds is 4. The molecule has 2 atom stereocenters. The number of hydrogen-bond donors (Lipinski definition) is 0. The van der Waals surface area contributed by atoms with E-state index in [0.29, 0.717) is 22.0 Å². The molecule has 0 aromatic heterocycles. The van der Waals surface area contributed by atoms with Gasteiger partial charge in [-0.25, -0.2) is 0 Å². The quantitative estimate of drug-likeness (QED) is 0.633. The first-order valence-electron chi connectivity index (χ1n) is 9.65. The van der Waals surface area contributed by atoms with E-state index in [1.165, 1.54) is 43.6 Å². The van der Waals surface area contributed by atoms with E-state index in [-0.39, 0.29) is 4.90 Å². The van der Waals surface area contributed by atoms with Crippen LogP contribution in [0.15, 0.2) is 29.2 Å². The van der Waals surface area contributed by atoms with Gasteiger partial charge in [0.25, 0.3) is 10.1 Å². The van der Waals surface area contributed by atoms with Gasteiger partial charge in [0, 0.05) is 11.5 Å². The van der Waals surface area contributed by atoms with Crippen molar-refractivity contribution in [3.05, 3.63) is 29.8 Å². The fraction of sp³-hybridized carbons (Fsp3) is 0.700. The minimum absolute atomic E-state index is 0.270. The van der Waals surface area contributed by atoms with Gasteiger partial charge in [-0.15, -0.1) is 23.5 Å². The first-order chi connectivity index (χ1) is 12.4. The van der Waals surface area contributed by atoms with Crippen LogP contribution < -0.4 is 0 Å². The molecule has 1 saturated heterocycles. The number of aryl methyl sites for hydroxylation is 1. The molecule has 1 aromatic carbocycles. The zero-order chi connectivity index (χ0) is 18.3. The van der Waals surface area contributed by atoms with Crippen LogP contribution in [0.2, 0.25) is 0 Å². The third-order valence-electron chi connectivity index (χ3n) is 6.30. The van der Waals surface area contributed by atoms with Gasteiger partial charge < -0.3 is 0 Å². The van der Waals surface area contributed by atoms with E-state index in [9.17, 15) is 8.42 Å². The smallest absolute Gasteiger partial charge is 0.266 e. The highest BCUT2D eigenvalue weighted by atomic mass is 32.2. The van der Waals surface area contributed by atoms with Crippen LogP contribution in [0.1, 0.15) is 50.5 Å². The second-order valence-corrected chi connectivity index (χ2v) is 13.1. The Kier molecular flexibility index (Phi) is 5.41. The summed E-state index contributed by atoms with van der Waals surface area (Å²) < 4.78 is 30.8. The molecule has 4 rings (SSSR count). The van der Waals surface area contributed by atoms with Crippen LogP contribution >= 0.6 is 23.5 Å². The fourth-order valence-electron chi connectivity index (χ4n) is 5.04. The predicted octanol–water partition coefficient (Wildman–Crippen LogP) is 5.24. The summed E-state index contributed by atoms with van der Waals surface area (Å²) in [6.45, 7) is 2.29. The van der Waals surface area contributed by atoms with Crippen molar-refractivity contribution in [1.29, 1.82) is 0 Å². The molecule has 1 aromatic rings. The van der Waals surface area contributed by atoms with Crippen molar-refractivity contribution in [1.82, 2.24) is 0 Å². The van der Waals surface area contributed by atoms with Crippen molar-refractivity contribution in [2.45, 2.75) is 60.8 Å². The van der Waals surface area contributed by atoms with Gasteiger partial charge in [0.15, 0.2) is 0 Å².